The molecule has 1 amide bonds. The van der Waals surface area contributed by atoms with Crippen molar-refractivity contribution in [3.63, 3.8) is 0 Å². The number of para-hydroxylation sites is 1. The fraction of sp³-hybridized carbons (Fsp3) is 0.312. The van der Waals surface area contributed by atoms with Crippen LogP contribution in [0.3, 0.4) is 0 Å². The van der Waals surface area contributed by atoms with E-state index in [0.29, 0.717) is 24.2 Å². The van der Waals surface area contributed by atoms with Crippen LogP contribution in [0.2, 0.25) is 0 Å². The van der Waals surface area contributed by atoms with Crippen LogP contribution >= 0.6 is 0 Å². The highest BCUT2D eigenvalue weighted by Gasteiger charge is 2.21. The average Bonchev–Trinajstić information content (AvgIpc) is 2.88. The maximum absolute atomic E-state index is 12.5. The Morgan fingerprint density at radius 2 is 1.95 bits per heavy atom. The monoisotopic (exact) mass is 301 g/mol. The van der Waals surface area contributed by atoms with Crippen molar-refractivity contribution in [1.82, 2.24) is 14.7 Å². The van der Waals surface area contributed by atoms with E-state index in [9.17, 15) is 9.59 Å². The summed E-state index contributed by atoms with van der Waals surface area (Å²) in [5.41, 5.74) is 1.86. The van der Waals surface area contributed by atoms with E-state index in [2.05, 4.69) is 5.10 Å². The van der Waals surface area contributed by atoms with Gasteiger partial charge in [0.2, 0.25) is 0 Å². The summed E-state index contributed by atoms with van der Waals surface area (Å²) in [5.74, 6) is -1.32. The predicted molar refractivity (Wildman–Crippen MR) is 82.1 cm³/mol. The van der Waals surface area contributed by atoms with E-state index in [4.69, 9.17) is 5.11 Å². The average molecular weight is 301 g/mol. The summed E-state index contributed by atoms with van der Waals surface area (Å²) >= 11 is 0. The molecule has 0 aliphatic rings. The van der Waals surface area contributed by atoms with Crippen LogP contribution in [0.4, 0.5) is 0 Å². The predicted octanol–water partition coefficient (Wildman–Crippen LogP) is 2.12. The Morgan fingerprint density at radius 1 is 1.27 bits per heavy atom. The number of aryl methyl sites for hydroxylation is 1. The summed E-state index contributed by atoms with van der Waals surface area (Å²) in [7, 11) is 0. The number of aliphatic carboxylic acids is 1. The summed E-state index contributed by atoms with van der Waals surface area (Å²) < 4.78 is 1.63. The van der Waals surface area contributed by atoms with Crippen LogP contribution in [0, 0.1) is 6.92 Å². The second kappa shape index (κ2) is 6.89. The molecule has 116 valence electrons. The lowest BCUT2D eigenvalue weighted by Crippen LogP contribution is -2.36. The van der Waals surface area contributed by atoms with Crippen molar-refractivity contribution in [1.29, 1.82) is 0 Å². The number of aromatic nitrogens is 2. The van der Waals surface area contributed by atoms with Gasteiger partial charge in [-0.2, -0.15) is 5.10 Å². The zero-order chi connectivity index (χ0) is 16.1. The van der Waals surface area contributed by atoms with Gasteiger partial charge in [0.25, 0.3) is 5.91 Å². The number of carbonyl (C=O) groups is 2. The third-order valence-electron chi connectivity index (χ3n) is 3.26. The quantitative estimate of drug-likeness (QED) is 0.886. The number of amides is 1. The van der Waals surface area contributed by atoms with Crippen LogP contribution in [0.5, 0.6) is 0 Å². The van der Waals surface area contributed by atoms with Gasteiger partial charge < -0.3 is 10.0 Å². The molecule has 0 spiro atoms. The molecule has 1 aromatic carbocycles. The Hall–Kier alpha value is -2.63. The van der Waals surface area contributed by atoms with Crippen molar-refractivity contribution >= 4 is 11.9 Å². The van der Waals surface area contributed by atoms with Crippen molar-refractivity contribution in [2.45, 2.75) is 20.3 Å². The lowest BCUT2D eigenvalue weighted by Gasteiger charge is -2.19. The molecular weight excluding hydrogens is 282 g/mol. The first kappa shape index (κ1) is 15.8. The van der Waals surface area contributed by atoms with Gasteiger partial charge in [0.15, 0.2) is 0 Å². The topological polar surface area (TPSA) is 75.4 Å². The van der Waals surface area contributed by atoms with Crippen molar-refractivity contribution in [2.75, 3.05) is 13.1 Å². The van der Waals surface area contributed by atoms with E-state index in [1.807, 2.05) is 37.3 Å². The molecule has 0 aliphatic carbocycles. The summed E-state index contributed by atoms with van der Waals surface area (Å²) in [6, 6.07) is 9.47. The van der Waals surface area contributed by atoms with Gasteiger partial charge in [0.1, 0.15) is 6.54 Å². The molecule has 0 fully saturated rings. The Labute approximate surface area is 129 Å². The third kappa shape index (κ3) is 3.52. The summed E-state index contributed by atoms with van der Waals surface area (Å²) in [4.78, 5) is 24.8. The van der Waals surface area contributed by atoms with Crippen molar-refractivity contribution in [2.24, 2.45) is 0 Å². The minimum atomic E-state index is -1.02. The molecule has 0 bridgehead atoms. The number of rotatable bonds is 6. The maximum atomic E-state index is 12.5. The molecule has 2 rings (SSSR count). The number of carbonyl (C=O) groups excluding carboxylic acids is 1. The van der Waals surface area contributed by atoms with Crippen LogP contribution in [0.1, 0.15) is 29.4 Å². The highest BCUT2D eigenvalue weighted by Crippen LogP contribution is 2.14. The van der Waals surface area contributed by atoms with Crippen molar-refractivity contribution in [3.8, 4) is 5.69 Å². The van der Waals surface area contributed by atoms with Gasteiger partial charge in [-0.05, 0) is 25.5 Å². The van der Waals surface area contributed by atoms with Crippen LogP contribution in [-0.4, -0.2) is 44.8 Å². The van der Waals surface area contributed by atoms with Gasteiger partial charge in [0, 0.05) is 12.7 Å². The molecule has 2 aromatic rings. The van der Waals surface area contributed by atoms with Crippen LogP contribution < -0.4 is 0 Å². The Bertz CT molecular complexity index is 665. The number of carboxylic acid groups (broad SMARTS) is 1. The number of benzene rings is 1. The van der Waals surface area contributed by atoms with Crippen molar-refractivity contribution in [3.05, 3.63) is 47.8 Å². The molecule has 1 N–H and O–H groups in total. The van der Waals surface area contributed by atoms with Crippen LogP contribution in [0.25, 0.3) is 5.69 Å². The normalized spacial score (nSPS) is 10.5. The van der Waals surface area contributed by atoms with Gasteiger partial charge in [-0.25, -0.2) is 4.68 Å². The van der Waals surface area contributed by atoms with Gasteiger partial charge in [0.05, 0.1) is 16.9 Å². The number of hydrogen-bond donors (Lipinski definition) is 1. The SMILES string of the molecule is CCCN(CC(=O)O)C(=O)c1cn(-c2ccccc2)nc1C. The molecular formula is C16H19N3O3. The molecule has 6 nitrogen and oxygen atoms in total. The highest BCUT2D eigenvalue weighted by molar-refractivity contribution is 5.96. The molecule has 22 heavy (non-hydrogen) atoms. The van der Waals surface area contributed by atoms with E-state index >= 15 is 0 Å². The molecule has 1 aromatic heterocycles. The Balaban J connectivity index is 2.29. The standard InChI is InChI=1S/C16H19N3O3/c1-3-9-18(11-15(20)21)16(22)14-10-19(17-12(14)2)13-7-5-4-6-8-13/h4-8,10H,3,9,11H2,1-2H3,(H,20,21). The van der Waals surface area contributed by atoms with Gasteiger partial charge in [-0.3, -0.25) is 9.59 Å². The largest absolute Gasteiger partial charge is 0.480 e. The number of carboxylic acids is 1. The minimum Gasteiger partial charge on any atom is -0.480 e. The van der Waals surface area contributed by atoms with Crippen LogP contribution in [-0.2, 0) is 4.79 Å². The first-order chi connectivity index (χ1) is 10.5. The number of hydrogen-bond acceptors (Lipinski definition) is 3. The second-order valence-electron chi connectivity index (χ2n) is 5.03. The van der Waals surface area contributed by atoms with Gasteiger partial charge in [-0.15, -0.1) is 0 Å². The molecule has 0 saturated heterocycles. The Kier molecular flexibility index (Phi) is 4.93. The maximum Gasteiger partial charge on any atom is 0.323 e. The first-order valence-electron chi connectivity index (χ1n) is 7.15. The molecule has 0 aliphatic heterocycles. The summed E-state index contributed by atoms with van der Waals surface area (Å²) in [5, 5.41) is 13.3. The van der Waals surface area contributed by atoms with E-state index in [1.54, 1.807) is 17.8 Å². The molecule has 0 radical (unpaired) electrons. The molecule has 0 unspecified atom stereocenters. The molecule has 0 atom stereocenters. The fourth-order valence-corrected chi connectivity index (χ4v) is 2.24. The third-order valence-corrected chi connectivity index (χ3v) is 3.26. The lowest BCUT2D eigenvalue weighted by molar-refractivity contribution is -0.137. The molecule has 0 saturated carbocycles. The first-order valence-corrected chi connectivity index (χ1v) is 7.15. The molecule has 6 heteroatoms. The molecule has 1 heterocycles. The van der Waals surface area contributed by atoms with Crippen LogP contribution in [0.15, 0.2) is 36.5 Å². The summed E-state index contributed by atoms with van der Waals surface area (Å²) in [6.45, 7) is 3.75. The van der Waals surface area contributed by atoms with Gasteiger partial charge >= 0.3 is 5.97 Å². The van der Waals surface area contributed by atoms with E-state index in [0.717, 1.165) is 5.69 Å². The Morgan fingerprint density at radius 3 is 2.55 bits per heavy atom. The highest BCUT2D eigenvalue weighted by atomic mass is 16.4. The van der Waals surface area contributed by atoms with E-state index in [-0.39, 0.29) is 12.5 Å². The second-order valence-corrected chi connectivity index (χ2v) is 5.03. The minimum absolute atomic E-state index is 0.302. The summed E-state index contributed by atoms with van der Waals surface area (Å²) in [6.07, 6.45) is 2.35. The smallest absolute Gasteiger partial charge is 0.323 e. The van der Waals surface area contributed by atoms with E-state index in [1.165, 1.54) is 4.90 Å². The lowest BCUT2D eigenvalue weighted by atomic mass is 10.2. The zero-order valence-corrected chi connectivity index (χ0v) is 12.7. The van der Waals surface area contributed by atoms with Crippen molar-refractivity contribution < 1.29 is 14.7 Å². The van der Waals surface area contributed by atoms with Gasteiger partial charge in [-0.1, -0.05) is 25.1 Å². The fourth-order valence-electron chi connectivity index (χ4n) is 2.24. The zero-order valence-electron chi connectivity index (χ0n) is 12.7. The number of nitrogens with zero attached hydrogens (tertiary/aromatic N) is 3. The van der Waals surface area contributed by atoms with E-state index < -0.39 is 5.97 Å².